The van der Waals surface area contributed by atoms with Crippen LogP contribution in [0.15, 0.2) is 48.5 Å². The molecule has 118 valence electrons. The van der Waals surface area contributed by atoms with Crippen LogP contribution in [0.3, 0.4) is 0 Å². The molecule has 0 aromatic heterocycles. The molecule has 2 rings (SSSR count). The van der Waals surface area contributed by atoms with Crippen LogP contribution in [0.1, 0.15) is 6.42 Å². The quantitative estimate of drug-likeness (QED) is 0.753. The molecule has 0 bridgehead atoms. The molecule has 22 heavy (non-hydrogen) atoms. The minimum Gasteiger partial charge on any atom is -0.493 e. The molecule has 0 spiro atoms. The maximum Gasteiger partial charge on any atom is 0.127 e. The summed E-state index contributed by atoms with van der Waals surface area (Å²) in [6, 6.07) is 15.8. The van der Waals surface area contributed by atoms with Crippen LogP contribution in [-0.4, -0.2) is 43.4 Å². The third-order valence-corrected chi connectivity index (χ3v) is 3.68. The lowest BCUT2D eigenvalue weighted by molar-refractivity contribution is 0.208. The lowest BCUT2D eigenvalue weighted by Crippen LogP contribution is -2.24. The molecule has 0 heterocycles. The van der Waals surface area contributed by atoms with E-state index in [0.717, 1.165) is 29.8 Å². The minimum atomic E-state index is 0.187. The van der Waals surface area contributed by atoms with Crippen LogP contribution in [-0.2, 0) is 0 Å². The molecule has 0 aliphatic carbocycles. The fourth-order valence-corrected chi connectivity index (χ4v) is 2.44. The fourth-order valence-electron chi connectivity index (χ4n) is 2.27. The lowest BCUT2D eigenvalue weighted by atomic mass is 10.0. The Balaban J connectivity index is 1.99. The van der Waals surface area contributed by atoms with Crippen molar-refractivity contribution in [3.8, 4) is 16.9 Å². The van der Waals surface area contributed by atoms with Crippen molar-refractivity contribution in [2.24, 2.45) is 0 Å². The Kier molecular flexibility index (Phi) is 6.72. The van der Waals surface area contributed by atoms with E-state index >= 15 is 0 Å². The number of nitrogens with zero attached hydrogens (tertiary/aromatic N) is 1. The summed E-state index contributed by atoms with van der Waals surface area (Å²) in [6.45, 7) is 2.41. The van der Waals surface area contributed by atoms with E-state index in [4.69, 9.17) is 21.4 Å². The monoisotopic (exact) mass is 319 g/mol. The Morgan fingerprint density at radius 3 is 2.59 bits per heavy atom. The number of aliphatic hydroxyl groups excluding tert-OH is 1. The van der Waals surface area contributed by atoms with E-state index in [2.05, 4.69) is 4.90 Å². The van der Waals surface area contributed by atoms with Gasteiger partial charge in [-0.15, -0.1) is 0 Å². The number of hydrogen-bond acceptors (Lipinski definition) is 3. The van der Waals surface area contributed by atoms with E-state index in [1.807, 2.05) is 55.6 Å². The zero-order valence-corrected chi connectivity index (χ0v) is 13.6. The molecule has 2 aromatic carbocycles. The summed E-state index contributed by atoms with van der Waals surface area (Å²) < 4.78 is 5.93. The first kappa shape index (κ1) is 16.8. The second-order valence-electron chi connectivity index (χ2n) is 5.24. The lowest BCUT2D eigenvalue weighted by Gasteiger charge is -2.16. The van der Waals surface area contributed by atoms with Crippen molar-refractivity contribution in [2.45, 2.75) is 6.42 Å². The van der Waals surface area contributed by atoms with Crippen molar-refractivity contribution in [3.63, 3.8) is 0 Å². The smallest absolute Gasteiger partial charge is 0.127 e. The van der Waals surface area contributed by atoms with Gasteiger partial charge in [0.1, 0.15) is 5.75 Å². The molecule has 0 radical (unpaired) electrons. The Hall–Kier alpha value is -1.55. The SMILES string of the molecule is CN(CCO)CCCOc1ccc(Cl)cc1-c1ccccc1. The van der Waals surface area contributed by atoms with Gasteiger partial charge in [-0.25, -0.2) is 0 Å². The molecule has 4 heteroatoms. The summed E-state index contributed by atoms with van der Waals surface area (Å²) in [5.41, 5.74) is 2.11. The normalized spacial score (nSPS) is 10.9. The van der Waals surface area contributed by atoms with Crippen LogP contribution in [0.25, 0.3) is 11.1 Å². The van der Waals surface area contributed by atoms with Crippen molar-refractivity contribution < 1.29 is 9.84 Å². The second-order valence-corrected chi connectivity index (χ2v) is 5.67. The molecule has 2 aromatic rings. The molecular formula is C18H22ClNO2. The van der Waals surface area contributed by atoms with Crippen LogP contribution in [0, 0.1) is 0 Å². The second kappa shape index (κ2) is 8.79. The number of halogens is 1. The van der Waals surface area contributed by atoms with E-state index in [1.165, 1.54) is 0 Å². The molecular weight excluding hydrogens is 298 g/mol. The number of likely N-dealkylation sites (N-methyl/N-ethyl adjacent to an activating group) is 1. The molecule has 0 amide bonds. The van der Waals surface area contributed by atoms with Gasteiger partial charge in [-0.1, -0.05) is 41.9 Å². The van der Waals surface area contributed by atoms with E-state index < -0.39 is 0 Å². The summed E-state index contributed by atoms with van der Waals surface area (Å²) in [5.74, 6) is 0.848. The van der Waals surface area contributed by atoms with E-state index in [0.29, 0.717) is 18.2 Å². The number of benzene rings is 2. The molecule has 0 aliphatic rings. The molecule has 0 saturated carbocycles. The summed E-state index contributed by atoms with van der Waals surface area (Å²) in [7, 11) is 1.99. The minimum absolute atomic E-state index is 0.187. The molecule has 3 nitrogen and oxygen atoms in total. The van der Waals surface area contributed by atoms with Gasteiger partial charge < -0.3 is 14.7 Å². The van der Waals surface area contributed by atoms with Crippen LogP contribution in [0.5, 0.6) is 5.75 Å². The Labute approximate surface area is 137 Å². The predicted octanol–water partition coefficient (Wildman–Crippen LogP) is 3.70. The highest BCUT2D eigenvalue weighted by atomic mass is 35.5. The third kappa shape index (κ3) is 5.02. The van der Waals surface area contributed by atoms with Gasteiger partial charge in [-0.2, -0.15) is 0 Å². The predicted molar refractivity (Wildman–Crippen MR) is 91.6 cm³/mol. The molecule has 0 fully saturated rings. The van der Waals surface area contributed by atoms with Gasteiger partial charge >= 0.3 is 0 Å². The van der Waals surface area contributed by atoms with Crippen LogP contribution in [0.4, 0.5) is 0 Å². The fraction of sp³-hybridized carbons (Fsp3) is 0.333. The first-order valence-corrected chi connectivity index (χ1v) is 7.85. The molecule has 1 N–H and O–H groups in total. The highest BCUT2D eigenvalue weighted by molar-refractivity contribution is 6.31. The van der Waals surface area contributed by atoms with E-state index in [-0.39, 0.29) is 6.61 Å². The molecule has 0 aliphatic heterocycles. The number of aliphatic hydroxyl groups is 1. The maximum absolute atomic E-state index is 8.87. The summed E-state index contributed by atoms with van der Waals surface area (Å²) in [5, 5.41) is 9.58. The maximum atomic E-state index is 8.87. The van der Waals surface area contributed by atoms with E-state index in [9.17, 15) is 0 Å². The summed E-state index contributed by atoms with van der Waals surface area (Å²) >= 11 is 6.12. The average molecular weight is 320 g/mol. The average Bonchev–Trinajstić information content (AvgIpc) is 2.54. The molecule has 0 unspecified atom stereocenters. The highest BCUT2D eigenvalue weighted by Crippen LogP contribution is 2.32. The first-order valence-electron chi connectivity index (χ1n) is 7.48. The van der Waals surface area contributed by atoms with Gasteiger partial charge in [0, 0.05) is 23.7 Å². The Morgan fingerprint density at radius 2 is 1.86 bits per heavy atom. The first-order chi connectivity index (χ1) is 10.7. The van der Waals surface area contributed by atoms with E-state index in [1.54, 1.807) is 0 Å². The summed E-state index contributed by atoms with van der Waals surface area (Å²) in [6.07, 6.45) is 0.910. The van der Waals surface area contributed by atoms with Gasteiger partial charge in [0.05, 0.1) is 13.2 Å². The number of hydrogen-bond donors (Lipinski definition) is 1. The molecule has 0 atom stereocenters. The third-order valence-electron chi connectivity index (χ3n) is 3.45. The van der Waals surface area contributed by atoms with Crippen molar-refractivity contribution in [2.75, 3.05) is 33.4 Å². The van der Waals surface area contributed by atoms with Gasteiger partial charge in [-0.3, -0.25) is 0 Å². The topological polar surface area (TPSA) is 32.7 Å². The van der Waals surface area contributed by atoms with Crippen molar-refractivity contribution in [3.05, 3.63) is 53.6 Å². The number of ether oxygens (including phenoxy) is 1. The zero-order chi connectivity index (χ0) is 15.8. The zero-order valence-electron chi connectivity index (χ0n) is 12.8. The van der Waals surface area contributed by atoms with Gasteiger partial charge in [-0.05, 0) is 37.2 Å². The standard InChI is InChI=1S/C18H22ClNO2/c1-20(11-12-21)10-5-13-22-18-9-8-16(19)14-17(18)15-6-3-2-4-7-15/h2-4,6-9,14,21H,5,10-13H2,1H3. The van der Waals surface area contributed by atoms with Crippen molar-refractivity contribution in [1.82, 2.24) is 4.90 Å². The van der Waals surface area contributed by atoms with Crippen molar-refractivity contribution >= 4 is 11.6 Å². The van der Waals surface area contributed by atoms with Crippen LogP contribution < -0.4 is 4.74 Å². The Morgan fingerprint density at radius 1 is 1.09 bits per heavy atom. The van der Waals surface area contributed by atoms with Crippen molar-refractivity contribution in [1.29, 1.82) is 0 Å². The largest absolute Gasteiger partial charge is 0.493 e. The van der Waals surface area contributed by atoms with Gasteiger partial charge in [0.2, 0.25) is 0 Å². The van der Waals surface area contributed by atoms with Crippen LogP contribution >= 0.6 is 11.6 Å². The van der Waals surface area contributed by atoms with Gasteiger partial charge in [0.15, 0.2) is 0 Å². The number of rotatable bonds is 8. The Bertz CT molecular complexity index is 575. The van der Waals surface area contributed by atoms with Crippen LogP contribution in [0.2, 0.25) is 5.02 Å². The highest BCUT2D eigenvalue weighted by Gasteiger charge is 2.07. The van der Waals surface area contributed by atoms with Gasteiger partial charge in [0.25, 0.3) is 0 Å². The summed E-state index contributed by atoms with van der Waals surface area (Å²) in [4.78, 5) is 2.09. The molecule has 0 saturated heterocycles.